The molecule has 140 valence electrons. The molecular weight excluding hydrogens is 377 g/mol. The summed E-state index contributed by atoms with van der Waals surface area (Å²) < 4.78 is 15.8. The molecule has 0 fully saturated rings. The van der Waals surface area contributed by atoms with Gasteiger partial charge < -0.3 is 4.90 Å². The van der Waals surface area contributed by atoms with Gasteiger partial charge in [0.05, 0.1) is 15.9 Å². The number of anilines is 1. The third kappa shape index (κ3) is 4.20. The van der Waals surface area contributed by atoms with Gasteiger partial charge in [-0.15, -0.1) is 12.4 Å². The SMILES string of the molecule is Cc1cc(C(=O)N(CCN(C)C)c2nc3ccc(F)cc3s2)n(C)n1.Cl. The van der Waals surface area contributed by atoms with E-state index in [1.165, 1.54) is 23.5 Å². The van der Waals surface area contributed by atoms with Gasteiger partial charge >= 0.3 is 0 Å². The molecule has 0 saturated carbocycles. The van der Waals surface area contributed by atoms with Gasteiger partial charge in [-0.3, -0.25) is 14.4 Å². The zero-order valence-electron chi connectivity index (χ0n) is 15.1. The summed E-state index contributed by atoms with van der Waals surface area (Å²) in [5.41, 5.74) is 1.97. The van der Waals surface area contributed by atoms with Crippen LogP contribution in [0.3, 0.4) is 0 Å². The standard InChI is InChI=1S/C17H20FN5OS.ClH/c1-11-9-14(22(4)20-11)16(24)23(8-7-21(2)3)17-19-13-6-5-12(18)10-15(13)25-17;/h5-6,9-10H,7-8H2,1-4H3;1H. The lowest BCUT2D eigenvalue weighted by Crippen LogP contribution is -2.37. The third-order valence-electron chi connectivity index (χ3n) is 3.81. The number of benzene rings is 1. The number of aryl methyl sites for hydroxylation is 2. The van der Waals surface area contributed by atoms with Crippen molar-refractivity contribution in [2.75, 3.05) is 32.1 Å². The number of likely N-dealkylation sites (N-methyl/N-ethyl adjacent to an activating group) is 1. The van der Waals surface area contributed by atoms with Gasteiger partial charge in [-0.25, -0.2) is 9.37 Å². The molecule has 2 heterocycles. The summed E-state index contributed by atoms with van der Waals surface area (Å²) in [7, 11) is 5.65. The fourth-order valence-corrected chi connectivity index (χ4v) is 3.55. The lowest BCUT2D eigenvalue weighted by Gasteiger charge is -2.21. The van der Waals surface area contributed by atoms with Crippen molar-refractivity contribution in [1.82, 2.24) is 19.7 Å². The van der Waals surface area contributed by atoms with Gasteiger partial charge in [0.2, 0.25) is 0 Å². The fourth-order valence-electron chi connectivity index (χ4n) is 2.53. The molecule has 0 atom stereocenters. The zero-order chi connectivity index (χ0) is 18.1. The van der Waals surface area contributed by atoms with Crippen molar-refractivity contribution in [3.05, 3.63) is 41.5 Å². The second kappa shape index (κ2) is 8.11. The Kier molecular flexibility index (Phi) is 6.33. The molecule has 0 unspecified atom stereocenters. The lowest BCUT2D eigenvalue weighted by atomic mass is 10.3. The molecule has 0 saturated heterocycles. The molecule has 1 aromatic carbocycles. The maximum atomic E-state index is 13.5. The Morgan fingerprint density at radius 2 is 2.00 bits per heavy atom. The number of halogens is 2. The number of amides is 1. The van der Waals surface area contributed by atoms with E-state index in [9.17, 15) is 9.18 Å². The van der Waals surface area contributed by atoms with Gasteiger partial charge in [-0.2, -0.15) is 5.10 Å². The van der Waals surface area contributed by atoms with Gasteiger partial charge in [-0.1, -0.05) is 11.3 Å². The molecule has 0 radical (unpaired) electrons. The Bertz CT molecular complexity index is 923. The van der Waals surface area contributed by atoms with Crippen molar-refractivity contribution >= 4 is 45.0 Å². The molecule has 6 nitrogen and oxygen atoms in total. The van der Waals surface area contributed by atoms with Gasteiger partial charge in [0, 0.05) is 20.1 Å². The van der Waals surface area contributed by atoms with Crippen LogP contribution in [0.25, 0.3) is 10.2 Å². The second-order valence-electron chi connectivity index (χ2n) is 6.16. The molecule has 0 aliphatic heterocycles. The van der Waals surface area contributed by atoms with E-state index in [0.717, 1.165) is 10.4 Å². The van der Waals surface area contributed by atoms with Crippen LogP contribution in [0.4, 0.5) is 9.52 Å². The summed E-state index contributed by atoms with van der Waals surface area (Å²) in [5.74, 6) is -0.472. The highest BCUT2D eigenvalue weighted by atomic mass is 35.5. The largest absolute Gasteiger partial charge is 0.308 e. The minimum atomic E-state index is -0.309. The summed E-state index contributed by atoms with van der Waals surface area (Å²) in [6, 6.07) is 6.22. The Labute approximate surface area is 161 Å². The number of aromatic nitrogens is 3. The Balaban J connectivity index is 0.00000243. The van der Waals surface area contributed by atoms with E-state index in [2.05, 4.69) is 10.1 Å². The van der Waals surface area contributed by atoms with E-state index in [4.69, 9.17) is 0 Å². The summed E-state index contributed by atoms with van der Waals surface area (Å²) in [4.78, 5) is 21.2. The van der Waals surface area contributed by atoms with Crippen LogP contribution in [0.5, 0.6) is 0 Å². The summed E-state index contributed by atoms with van der Waals surface area (Å²) in [5, 5.41) is 4.81. The molecule has 3 aromatic rings. The molecule has 2 aromatic heterocycles. The molecule has 0 aliphatic carbocycles. The smallest absolute Gasteiger partial charge is 0.278 e. The minimum absolute atomic E-state index is 0. The van der Waals surface area contributed by atoms with Crippen LogP contribution < -0.4 is 4.90 Å². The van der Waals surface area contributed by atoms with Gasteiger partial charge in [0.15, 0.2) is 5.13 Å². The number of carbonyl (C=O) groups is 1. The van der Waals surface area contributed by atoms with Crippen molar-refractivity contribution in [2.24, 2.45) is 7.05 Å². The van der Waals surface area contributed by atoms with Gasteiger partial charge in [-0.05, 0) is 45.3 Å². The van der Waals surface area contributed by atoms with Crippen molar-refractivity contribution < 1.29 is 9.18 Å². The number of fused-ring (bicyclic) bond motifs is 1. The van der Waals surface area contributed by atoms with E-state index < -0.39 is 0 Å². The van der Waals surface area contributed by atoms with E-state index in [0.29, 0.717) is 29.4 Å². The summed E-state index contributed by atoms with van der Waals surface area (Å²) >= 11 is 1.31. The molecule has 0 bridgehead atoms. The van der Waals surface area contributed by atoms with Crippen LogP contribution in [0.15, 0.2) is 24.3 Å². The Morgan fingerprint density at radius 3 is 2.62 bits per heavy atom. The number of nitrogens with zero attached hydrogens (tertiary/aromatic N) is 5. The first-order valence-electron chi connectivity index (χ1n) is 7.88. The first-order chi connectivity index (χ1) is 11.8. The molecule has 0 aliphatic rings. The molecule has 9 heteroatoms. The molecule has 0 spiro atoms. The topological polar surface area (TPSA) is 54.3 Å². The number of hydrogen-bond donors (Lipinski definition) is 0. The Morgan fingerprint density at radius 1 is 1.27 bits per heavy atom. The van der Waals surface area contributed by atoms with Gasteiger partial charge in [0.25, 0.3) is 5.91 Å². The van der Waals surface area contributed by atoms with Crippen LogP contribution in [0, 0.1) is 12.7 Å². The highest BCUT2D eigenvalue weighted by Gasteiger charge is 2.24. The molecule has 3 rings (SSSR count). The first-order valence-corrected chi connectivity index (χ1v) is 8.70. The highest BCUT2D eigenvalue weighted by Crippen LogP contribution is 2.30. The number of thiazole rings is 1. The Hall–Kier alpha value is -2.03. The summed E-state index contributed by atoms with van der Waals surface area (Å²) in [6.07, 6.45) is 0. The monoisotopic (exact) mass is 397 g/mol. The van der Waals surface area contributed by atoms with Gasteiger partial charge in [0.1, 0.15) is 11.5 Å². The van der Waals surface area contributed by atoms with Crippen LogP contribution in [-0.4, -0.2) is 52.8 Å². The second-order valence-corrected chi connectivity index (χ2v) is 7.17. The van der Waals surface area contributed by atoms with E-state index in [1.54, 1.807) is 28.8 Å². The van der Waals surface area contributed by atoms with Crippen molar-refractivity contribution in [3.8, 4) is 0 Å². The summed E-state index contributed by atoms with van der Waals surface area (Å²) in [6.45, 7) is 3.02. The number of carbonyl (C=O) groups excluding carboxylic acids is 1. The highest BCUT2D eigenvalue weighted by molar-refractivity contribution is 7.22. The predicted octanol–water partition coefficient (Wildman–Crippen LogP) is 3.11. The van der Waals surface area contributed by atoms with Crippen LogP contribution in [-0.2, 0) is 7.05 Å². The molecule has 1 amide bonds. The molecule has 0 N–H and O–H groups in total. The molecule has 26 heavy (non-hydrogen) atoms. The number of rotatable bonds is 5. The van der Waals surface area contributed by atoms with Crippen LogP contribution in [0.1, 0.15) is 16.2 Å². The molecular formula is C17H21ClFN5OS. The maximum Gasteiger partial charge on any atom is 0.278 e. The van der Waals surface area contributed by atoms with Crippen LogP contribution in [0.2, 0.25) is 0 Å². The third-order valence-corrected chi connectivity index (χ3v) is 4.85. The predicted molar refractivity (Wildman–Crippen MR) is 105 cm³/mol. The van der Waals surface area contributed by atoms with E-state index in [1.807, 2.05) is 25.9 Å². The first kappa shape index (κ1) is 20.3. The lowest BCUT2D eigenvalue weighted by molar-refractivity contribution is 0.0976. The van der Waals surface area contributed by atoms with Crippen LogP contribution >= 0.6 is 23.7 Å². The average Bonchev–Trinajstić information content (AvgIpc) is 3.09. The van der Waals surface area contributed by atoms with E-state index in [-0.39, 0.29) is 24.1 Å². The average molecular weight is 398 g/mol. The fraction of sp³-hybridized carbons (Fsp3) is 0.353. The van der Waals surface area contributed by atoms with Crippen molar-refractivity contribution in [3.63, 3.8) is 0 Å². The maximum absolute atomic E-state index is 13.5. The van der Waals surface area contributed by atoms with Crippen molar-refractivity contribution in [1.29, 1.82) is 0 Å². The van der Waals surface area contributed by atoms with E-state index >= 15 is 0 Å². The normalized spacial score (nSPS) is 11.0. The van der Waals surface area contributed by atoms with Crippen molar-refractivity contribution in [2.45, 2.75) is 6.92 Å². The minimum Gasteiger partial charge on any atom is -0.308 e. The quantitative estimate of drug-likeness (QED) is 0.663. The number of hydrogen-bond acceptors (Lipinski definition) is 5. The zero-order valence-corrected chi connectivity index (χ0v) is 16.7.